The van der Waals surface area contributed by atoms with Crippen molar-refractivity contribution in [1.29, 1.82) is 0 Å². The van der Waals surface area contributed by atoms with E-state index in [-0.39, 0.29) is 10.8 Å². The van der Waals surface area contributed by atoms with Crippen molar-refractivity contribution in [2.45, 2.75) is 23.8 Å². The molecule has 39 heavy (non-hydrogen) atoms. The molecule has 1 aliphatic rings. The van der Waals surface area contributed by atoms with E-state index in [2.05, 4.69) is 4.72 Å². The van der Waals surface area contributed by atoms with Gasteiger partial charge in [0.15, 0.2) is 0 Å². The number of benzene rings is 4. The second kappa shape index (κ2) is 11.4. The van der Waals surface area contributed by atoms with Gasteiger partial charge in [-0.05, 0) is 53.7 Å². The third-order valence-electron chi connectivity index (χ3n) is 7.36. The Bertz CT molecular complexity index is 1580. The van der Waals surface area contributed by atoms with Crippen LogP contribution in [0.25, 0.3) is 11.6 Å². The van der Waals surface area contributed by atoms with Gasteiger partial charge in [0.25, 0.3) is 0 Å². The van der Waals surface area contributed by atoms with Crippen LogP contribution in [-0.2, 0) is 20.4 Å². The van der Waals surface area contributed by atoms with E-state index >= 15 is 0 Å². The summed E-state index contributed by atoms with van der Waals surface area (Å²) in [6.07, 6.45) is 7.51. The highest BCUT2D eigenvalue weighted by atomic mass is 32.2. The summed E-state index contributed by atoms with van der Waals surface area (Å²) in [7, 11) is -4.00. The van der Waals surface area contributed by atoms with E-state index in [0.29, 0.717) is 12.0 Å². The van der Waals surface area contributed by atoms with E-state index in [9.17, 15) is 13.2 Å². The normalized spacial score (nSPS) is 21.4. The van der Waals surface area contributed by atoms with Crippen molar-refractivity contribution in [1.82, 2.24) is 4.72 Å². The smallest absolute Gasteiger partial charge is 0.241 e. The predicted octanol–water partition coefficient (Wildman–Crippen LogP) is 6.80. The number of allylic oxidation sites excluding steroid dienone is 2. The molecule has 0 aromatic heterocycles. The molecular weight excluding hydrogens is 502 g/mol. The monoisotopic (exact) mass is 533 g/mol. The molecule has 0 heterocycles. The van der Waals surface area contributed by atoms with Crippen molar-refractivity contribution in [3.8, 4) is 0 Å². The lowest BCUT2D eigenvalue weighted by Gasteiger charge is -2.44. The second-order valence-corrected chi connectivity index (χ2v) is 11.7. The van der Waals surface area contributed by atoms with Gasteiger partial charge in [-0.1, -0.05) is 127 Å². The van der Waals surface area contributed by atoms with Gasteiger partial charge in [0.2, 0.25) is 10.0 Å². The summed E-state index contributed by atoms with van der Waals surface area (Å²) < 4.78 is 30.8. The molecule has 4 aromatic carbocycles. The fraction of sp³-hybridized carbons (Fsp3) is 0.147. The van der Waals surface area contributed by atoms with Crippen LogP contribution >= 0.6 is 0 Å². The van der Waals surface area contributed by atoms with Gasteiger partial charge in [-0.15, -0.1) is 0 Å². The van der Waals surface area contributed by atoms with E-state index < -0.39 is 21.5 Å². The molecule has 0 unspecified atom stereocenters. The Balaban J connectivity index is 1.71. The summed E-state index contributed by atoms with van der Waals surface area (Å²) in [6, 6.07) is 36.0. The van der Waals surface area contributed by atoms with Crippen LogP contribution in [-0.4, -0.2) is 14.7 Å². The highest BCUT2D eigenvalue weighted by Gasteiger charge is 2.48. The summed E-state index contributed by atoms with van der Waals surface area (Å²) in [4.78, 5) is 13.1. The van der Waals surface area contributed by atoms with Gasteiger partial charge in [0.1, 0.15) is 6.29 Å². The number of carbonyl (C=O) groups is 1. The van der Waals surface area contributed by atoms with Crippen LogP contribution in [0.15, 0.2) is 132 Å². The highest BCUT2D eigenvalue weighted by Crippen LogP contribution is 2.46. The molecule has 0 fully saturated rings. The molecule has 0 saturated carbocycles. The lowest BCUT2D eigenvalue weighted by Crippen LogP contribution is -2.54. The van der Waals surface area contributed by atoms with Gasteiger partial charge in [-0.25, -0.2) is 8.42 Å². The zero-order valence-electron chi connectivity index (χ0n) is 21.8. The molecular formula is C34H31NO3S. The van der Waals surface area contributed by atoms with Crippen LogP contribution in [0.4, 0.5) is 0 Å². The first-order valence-electron chi connectivity index (χ1n) is 13.0. The molecule has 1 aliphatic carbocycles. The molecule has 4 aromatic rings. The third-order valence-corrected chi connectivity index (χ3v) is 8.86. The van der Waals surface area contributed by atoms with Crippen LogP contribution < -0.4 is 4.72 Å². The number of rotatable bonds is 8. The SMILES string of the molecule is Cc1ccc(S(=O)(=O)N[C@@]2(c3ccccc3)C=C(c3ccccc3)C[C@H](/C=C/c3ccccc3)[C@H]2C=O)cc1. The molecule has 196 valence electrons. The fourth-order valence-corrected chi connectivity index (χ4v) is 6.71. The second-order valence-electron chi connectivity index (χ2n) is 9.99. The highest BCUT2D eigenvalue weighted by molar-refractivity contribution is 7.89. The molecule has 0 aliphatic heterocycles. The van der Waals surface area contributed by atoms with Gasteiger partial charge in [0, 0.05) is 5.92 Å². The van der Waals surface area contributed by atoms with Crippen LogP contribution in [0, 0.1) is 18.8 Å². The van der Waals surface area contributed by atoms with Gasteiger partial charge >= 0.3 is 0 Å². The van der Waals surface area contributed by atoms with Crippen LogP contribution in [0.2, 0.25) is 0 Å². The maximum Gasteiger partial charge on any atom is 0.241 e. The minimum atomic E-state index is -4.00. The minimum absolute atomic E-state index is 0.157. The van der Waals surface area contributed by atoms with Gasteiger partial charge in [0.05, 0.1) is 10.4 Å². The van der Waals surface area contributed by atoms with E-state index in [4.69, 9.17) is 0 Å². The first-order chi connectivity index (χ1) is 18.9. The molecule has 0 spiro atoms. The van der Waals surface area contributed by atoms with Gasteiger partial charge < -0.3 is 4.79 Å². The lowest BCUT2D eigenvalue weighted by molar-refractivity contribution is -0.114. The molecule has 0 bridgehead atoms. The average molecular weight is 534 g/mol. The Labute approximate surface area is 230 Å². The van der Waals surface area contributed by atoms with E-state index in [1.165, 1.54) is 0 Å². The molecule has 3 atom stereocenters. The Morgan fingerprint density at radius 3 is 2.00 bits per heavy atom. The number of sulfonamides is 1. The summed E-state index contributed by atoms with van der Waals surface area (Å²) in [5.41, 5.74) is 3.36. The number of carbonyl (C=O) groups excluding carboxylic acids is 1. The van der Waals surface area contributed by atoms with Gasteiger partial charge in [-0.2, -0.15) is 4.72 Å². The zero-order chi connectivity index (χ0) is 27.3. The molecule has 0 radical (unpaired) electrons. The predicted molar refractivity (Wildman–Crippen MR) is 157 cm³/mol. The average Bonchev–Trinajstić information content (AvgIpc) is 2.97. The van der Waals surface area contributed by atoms with Crippen molar-refractivity contribution in [3.05, 3.63) is 150 Å². The van der Waals surface area contributed by atoms with Crippen molar-refractivity contribution in [2.24, 2.45) is 11.8 Å². The Morgan fingerprint density at radius 1 is 0.795 bits per heavy atom. The molecule has 5 heteroatoms. The largest absolute Gasteiger partial charge is 0.303 e. The Morgan fingerprint density at radius 2 is 1.38 bits per heavy atom. The fourth-order valence-electron chi connectivity index (χ4n) is 5.34. The first-order valence-corrected chi connectivity index (χ1v) is 14.5. The number of aryl methyl sites for hydroxylation is 1. The topological polar surface area (TPSA) is 63.2 Å². The van der Waals surface area contributed by atoms with E-state index in [0.717, 1.165) is 28.5 Å². The quantitative estimate of drug-likeness (QED) is 0.253. The Kier molecular flexibility index (Phi) is 7.73. The maximum absolute atomic E-state index is 13.9. The van der Waals surface area contributed by atoms with Crippen molar-refractivity contribution in [2.75, 3.05) is 0 Å². The maximum atomic E-state index is 13.9. The lowest BCUT2D eigenvalue weighted by atomic mass is 9.65. The number of aldehydes is 1. The van der Waals surface area contributed by atoms with Crippen molar-refractivity contribution >= 4 is 28.0 Å². The van der Waals surface area contributed by atoms with Gasteiger partial charge in [-0.3, -0.25) is 0 Å². The number of hydrogen-bond acceptors (Lipinski definition) is 3. The standard InChI is InChI=1S/C34H31NO3S/c1-26-17-21-32(22-18-26)39(37,38)35-34(31-15-9-4-10-16-31)24-30(28-13-7-3-8-14-28)23-29(33(34)25-36)20-19-27-11-5-2-6-12-27/h2-22,24-25,29,33,35H,23H2,1H3/b20-19+/t29-,33+,34+/m0/s1. The van der Waals surface area contributed by atoms with Crippen LogP contribution in [0.1, 0.15) is 28.7 Å². The number of nitrogens with one attached hydrogen (secondary N) is 1. The summed E-state index contributed by atoms with van der Waals surface area (Å²) in [5.74, 6) is -0.948. The summed E-state index contributed by atoms with van der Waals surface area (Å²) in [6.45, 7) is 1.91. The first kappa shape index (κ1) is 26.5. The molecule has 0 saturated heterocycles. The van der Waals surface area contributed by atoms with Crippen LogP contribution in [0.3, 0.4) is 0 Å². The van der Waals surface area contributed by atoms with Crippen molar-refractivity contribution < 1.29 is 13.2 Å². The third kappa shape index (κ3) is 5.70. The number of hydrogen-bond donors (Lipinski definition) is 1. The molecule has 0 amide bonds. The van der Waals surface area contributed by atoms with Crippen molar-refractivity contribution in [3.63, 3.8) is 0 Å². The van der Waals surface area contributed by atoms with E-state index in [1.54, 1.807) is 24.3 Å². The molecule has 5 rings (SSSR count). The zero-order valence-corrected chi connectivity index (χ0v) is 22.6. The Hall–Kier alpha value is -4.06. The molecule has 4 nitrogen and oxygen atoms in total. The van der Waals surface area contributed by atoms with Crippen LogP contribution in [0.5, 0.6) is 0 Å². The summed E-state index contributed by atoms with van der Waals surface area (Å²) >= 11 is 0. The van der Waals surface area contributed by atoms with E-state index in [1.807, 2.05) is 116 Å². The summed E-state index contributed by atoms with van der Waals surface area (Å²) in [5, 5.41) is 0. The minimum Gasteiger partial charge on any atom is -0.303 e. The molecule has 1 N–H and O–H groups in total.